The van der Waals surface area contributed by atoms with Crippen molar-refractivity contribution < 1.29 is 14.3 Å². The third-order valence-electron chi connectivity index (χ3n) is 3.80. The Morgan fingerprint density at radius 3 is 2.19 bits per heavy atom. The number of amides is 2. The Kier molecular flexibility index (Phi) is 5.29. The molecule has 3 aromatic carbocycles. The number of carbonyl (C=O) groups is 2. The molecule has 0 fully saturated rings. The molecule has 0 aromatic heterocycles. The lowest BCUT2D eigenvalue weighted by molar-refractivity contribution is 0.0997. The summed E-state index contributed by atoms with van der Waals surface area (Å²) in [4.78, 5) is 23.7. The fourth-order valence-electron chi connectivity index (χ4n) is 2.43. The van der Waals surface area contributed by atoms with Crippen LogP contribution in [0.2, 0.25) is 0 Å². The predicted molar refractivity (Wildman–Crippen MR) is 100 cm³/mol. The van der Waals surface area contributed by atoms with Crippen LogP contribution >= 0.6 is 0 Å². The molecule has 0 aliphatic carbocycles. The number of hydrogen-bond acceptors (Lipinski definition) is 3. The summed E-state index contributed by atoms with van der Waals surface area (Å²) in [6, 6.07) is 23.2. The molecule has 0 atom stereocenters. The van der Waals surface area contributed by atoms with E-state index in [0.717, 1.165) is 5.56 Å². The van der Waals surface area contributed by atoms with Crippen LogP contribution in [-0.4, -0.2) is 11.8 Å². The van der Waals surface area contributed by atoms with Gasteiger partial charge in [-0.15, -0.1) is 0 Å². The molecule has 0 heterocycles. The molecule has 0 radical (unpaired) electrons. The number of rotatable bonds is 6. The first kappa shape index (κ1) is 17.2. The number of anilines is 1. The van der Waals surface area contributed by atoms with Crippen LogP contribution in [0.1, 0.15) is 26.3 Å². The van der Waals surface area contributed by atoms with E-state index in [2.05, 4.69) is 5.32 Å². The van der Waals surface area contributed by atoms with Gasteiger partial charge in [0.05, 0.1) is 5.56 Å². The minimum Gasteiger partial charge on any atom is -0.488 e. The predicted octanol–water partition coefficient (Wildman–Crippen LogP) is 3.62. The molecule has 0 aliphatic heterocycles. The van der Waals surface area contributed by atoms with Crippen LogP contribution in [0.5, 0.6) is 5.75 Å². The van der Waals surface area contributed by atoms with Crippen molar-refractivity contribution in [3.05, 3.63) is 95.6 Å². The van der Waals surface area contributed by atoms with Gasteiger partial charge in [-0.1, -0.05) is 42.5 Å². The molecule has 26 heavy (non-hydrogen) atoms. The number of nitrogens with one attached hydrogen (secondary N) is 1. The van der Waals surface area contributed by atoms with E-state index in [1.54, 1.807) is 42.5 Å². The van der Waals surface area contributed by atoms with Crippen molar-refractivity contribution >= 4 is 17.5 Å². The van der Waals surface area contributed by atoms with Crippen LogP contribution in [-0.2, 0) is 6.61 Å². The topological polar surface area (TPSA) is 81.4 Å². The summed E-state index contributed by atoms with van der Waals surface area (Å²) in [6.07, 6.45) is 0. The molecule has 5 heteroatoms. The van der Waals surface area contributed by atoms with Gasteiger partial charge in [0.2, 0.25) is 5.91 Å². The Bertz CT molecular complexity index is 906. The molecule has 0 spiro atoms. The molecular formula is C21H18N2O3. The summed E-state index contributed by atoms with van der Waals surface area (Å²) < 4.78 is 5.81. The summed E-state index contributed by atoms with van der Waals surface area (Å²) in [6.45, 7) is 0.373. The van der Waals surface area contributed by atoms with Gasteiger partial charge in [-0.05, 0) is 42.0 Å². The number of para-hydroxylation sites is 1. The van der Waals surface area contributed by atoms with Crippen molar-refractivity contribution in [3.8, 4) is 5.75 Å². The molecule has 5 nitrogen and oxygen atoms in total. The summed E-state index contributed by atoms with van der Waals surface area (Å²) in [5.41, 5.74) is 7.62. The third kappa shape index (κ3) is 4.27. The van der Waals surface area contributed by atoms with Gasteiger partial charge < -0.3 is 15.8 Å². The summed E-state index contributed by atoms with van der Waals surface area (Å²) >= 11 is 0. The smallest absolute Gasteiger partial charge is 0.259 e. The normalized spacial score (nSPS) is 10.2. The summed E-state index contributed by atoms with van der Waals surface area (Å²) in [7, 11) is 0. The molecule has 0 saturated carbocycles. The minimum atomic E-state index is -0.512. The molecule has 130 valence electrons. The largest absolute Gasteiger partial charge is 0.488 e. The molecule has 2 amide bonds. The second-order valence-electron chi connectivity index (χ2n) is 5.67. The molecular weight excluding hydrogens is 328 g/mol. The van der Waals surface area contributed by atoms with Crippen LogP contribution in [0.25, 0.3) is 0 Å². The number of carbonyl (C=O) groups excluding carboxylic acids is 2. The van der Waals surface area contributed by atoms with E-state index in [9.17, 15) is 9.59 Å². The van der Waals surface area contributed by atoms with Gasteiger partial charge >= 0.3 is 0 Å². The number of primary amides is 1. The van der Waals surface area contributed by atoms with E-state index in [1.807, 2.05) is 36.4 Å². The fraction of sp³-hybridized carbons (Fsp3) is 0.0476. The highest BCUT2D eigenvalue weighted by Gasteiger charge is 2.13. The Hall–Kier alpha value is -3.60. The first-order chi connectivity index (χ1) is 12.6. The SMILES string of the molecule is NC(=O)c1ccc(NC(=O)c2ccccc2OCc2ccccc2)cc1. The first-order valence-corrected chi connectivity index (χ1v) is 8.10. The van der Waals surface area contributed by atoms with E-state index in [0.29, 0.717) is 29.2 Å². The Labute approximate surface area is 151 Å². The number of ether oxygens (including phenoxy) is 1. The quantitative estimate of drug-likeness (QED) is 0.715. The van der Waals surface area contributed by atoms with Crippen molar-refractivity contribution in [1.82, 2.24) is 0 Å². The highest BCUT2D eigenvalue weighted by molar-refractivity contribution is 6.06. The third-order valence-corrected chi connectivity index (χ3v) is 3.80. The van der Waals surface area contributed by atoms with Gasteiger partial charge in [0.1, 0.15) is 12.4 Å². The Morgan fingerprint density at radius 1 is 0.846 bits per heavy atom. The lowest BCUT2D eigenvalue weighted by Gasteiger charge is -2.12. The van der Waals surface area contributed by atoms with Crippen molar-refractivity contribution in [2.45, 2.75) is 6.61 Å². The van der Waals surface area contributed by atoms with E-state index in [1.165, 1.54) is 0 Å². The summed E-state index contributed by atoms with van der Waals surface area (Å²) in [5, 5.41) is 2.79. The molecule has 0 aliphatic rings. The van der Waals surface area contributed by atoms with Gasteiger partial charge in [0, 0.05) is 11.3 Å². The van der Waals surface area contributed by atoms with E-state index in [-0.39, 0.29) is 5.91 Å². The average Bonchev–Trinajstić information content (AvgIpc) is 2.68. The zero-order chi connectivity index (χ0) is 18.4. The van der Waals surface area contributed by atoms with Crippen LogP contribution in [0.15, 0.2) is 78.9 Å². The number of benzene rings is 3. The van der Waals surface area contributed by atoms with E-state index in [4.69, 9.17) is 10.5 Å². The second kappa shape index (κ2) is 7.98. The molecule has 0 unspecified atom stereocenters. The minimum absolute atomic E-state index is 0.291. The molecule has 3 N–H and O–H groups in total. The van der Waals surface area contributed by atoms with Crippen molar-refractivity contribution in [3.63, 3.8) is 0 Å². The monoisotopic (exact) mass is 346 g/mol. The van der Waals surface area contributed by atoms with Gasteiger partial charge in [0.25, 0.3) is 5.91 Å². The lowest BCUT2D eigenvalue weighted by Crippen LogP contribution is -2.14. The lowest BCUT2D eigenvalue weighted by atomic mass is 10.1. The molecule has 0 saturated heterocycles. The fourth-order valence-corrected chi connectivity index (χ4v) is 2.43. The highest BCUT2D eigenvalue weighted by Crippen LogP contribution is 2.21. The van der Waals surface area contributed by atoms with Crippen LogP contribution in [0.3, 0.4) is 0 Å². The number of hydrogen-bond donors (Lipinski definition) is 2. The van der Waals surface area contributed by atoms with Crippen molar-refractivity contribution in [1.29, 1.82) is 0 Å². The first-order valence-electron chi connectivity index (χ1n) is 8.10. The zero-order valence-electron chi connectivity index (χ0n) is 14.0. The average molecular weight is 346 g/mol. The standard InChI is InChI=1S/C21H18N2O3/c22-20(24)16-10-12-17(13-11-16)23-21(25)18-8-4-5-9-19(18)26-14-15-6-2-1-3-7-15/h1-13H,14H2,(H2,22,24)(H,23,25). The van der Waals surface area contributed by atoms with Crippen molar-refractivity contribution in [2.75, 3.05) is 5.32 Å². The maximum absolute atomic E-state index is 12.6. The van der Waals surface area contributed by atoms with Gasteiger partial charge in [-0.3, -0.25) is 9.59 Å². The molecule has 3 aromatic rings. The van der Waals surface area contributed by atoms with Gasteiger partial charge in [-0.25, -0.2) is 0 Å². The molecule has 0 bridgehead atoms. The van der Waals surface area contributed by atoms with Gasteiger partial charge in [0.15, 0.2) is 0 Å². The van der Waals surface area contributed by atoms with Crippen LogP contribution in [0.4, 0.5) is 5.69 Å². The Balaban J connectivity index is 1.72. The summed E-state index contributed by atoms with van der Waals surface area (Å²) in [5.74, 6) is -0.300. The Morgan fingerprint density at radius 2 is 1.50 bits per heavy atom. The zero-order valence-corrected chi connectivity index (χ0v) is 14.0. The highest BCUT2D eigenvalue weighted by atomic mass is 16.5. The van der Waals surface area contributed by atoms with Crippen LogP contribution in [0, 0.1) is 0 Å². The second-order valence-corrected chi connectivity index (χ2v) is 5.67. The maximum Gasteiger partial charge on any atom is 0.259 e. The number of nitrogens with two attached hydrogens (primary N) is 1. The van der Waals surface area contributed by atoms with Gasteiger partial charge in [-0.2, -0.15) is 0 Å². The van der Waals surface area contributed by atoms with Crippen LogP contribution < -0.4 is 15.8 Å². The maximum atomic E-state index is 12.6. The van der Waals surface area contributed by atoms with Crippen molar-refractivity contribution in [2.24, 2.45) is 5.73 Å². The van der Waals surface area contributed by atoms with E-state index < -0.39 is 5.91 Å². The van der Waals surface area contributed by atoms with E-state index >= 15 is 0 Å². The molecule has 3 rings (SSSR count).